The van der Waals surface area contributed by atoms with Crippen LogP contribution < -0.4 is 5.32 Å². The van der Waals surface area contributed by atoms with E-state index in [1.807, 2.05) is 29.2 Å². The van der Waals surface area contributed by atoms with E-state index in [1.54, 1.807) is 0 Å². The fourth-order valence-corrected chi connectivity index (χ4v) is 3.34. The molecule has 0 spiro atoms. The monoisotopic (exact) mass is 382 g/mol. The molecule has 0 aromatic heterocycles. The topological polar surface area (TPSA) is 55.7 Å². The number of benzene rings is 2. The van der Waals surface area contributed by atoms with Gasteiger partial charge in [0.2, 0.25) is 0 Å². The van der Waals surface area contributed by atoms with E-state index in [1.165, 1.54) is 11.6 Å². The molecular weight excluding hydrogens is 367 g/mol. The minimum atomic E-state index is -0.279. The molecule has 126 valence electrons. The van der Waals surface area contributed by atoms with Gasteiger partial charge in [-0.2, -0.15) is 0 Å². The maximum absolute atomic E-state index is 9.72. The fourth-order valence-electron chi connectivity index (χ4n) is 2.70. The standard InChI is InChI=1S/C17H16Cl2N2O2S/c18-12-3-1-10(2-4-12)5-6-20-17(24)21-8-11-7-14(22)16(23)15(19)13(11)9-21/h1-4,7,22-23H,5-6,8-9H2,(H,20,24). The van der Waals surface area contributed by atoms with Crippen molar-refractivity contribution >= 4 is 40.5 Å². The van der Waals surface area contributed by atoms with Crippen LogP contribution in [-0.2, 0) is 19.5 Å². The normalized spacial score (nSPS) is 13.0. The first-order chi connectivity index (χ1) is 11.5. The Morgan fingerprint density at radius 1 is 1.17 bits per heavy atom. The van der Waals surface area contributed by atoms with Gasteiger partial charge in [0.05, 0.1) is 5.02 Å². The van der Waals surface area contributed by atoms with Crippen molar-refractivity contribution in [3.05, 3.63) is 57.1 Å². The number of aromatic hydroxyl groups is 2. The predicted octanol–water partition coefficient (Wildman–Crippen LogP) is 3.84. The zero-order valence-corrected chi connectivity index (χ0v) is 15.0. The summed E-state index contributed by atoms with van der Waals surface area (Å²) in [7, 11) is 0. The molecule has 3 rings (SSSR count). The summed E-state index contributed by atoms with van der Waals surface area (Å²) in [5, 5.41) is 24.2. The van der Waals surface area contributed by atoms with Crippen molar-refractivity contribution in [3.8, 4) is 11.5 Å². The number of halogens is 2. The lowest BCUT2D eigenvalue weighted by Crippen LogP contribution is -2.37. The van der Waals surface area contributed by atoms with Gasteiger partial charge in [0, 0.05) is 24.7 Å². The van der Waals surface area contributed by atoms with Crippen LogP contribution in [0.25, 0.3) is 0 Å². The molecule has 0 aliphatic carbocycles. The van der Waals surface area contributed by atoms with Gasteiger partial charge in [0.15, 0.2) is 16.6 Å². The number of nitrogens with one attached hydrogen (secondary N) is 1. The molecule has 0 radical (unpaired) electrons. The quantitative estimate of drug-likeness (QED) is 0.556. The molecular formula is C17H16Cl2N2O2S. The molecule has 3 N–H and O–H groups in total. The van der Waals surface area contributed by atoms with Crippen LogP contribution in [0.1, 0.15) is 16.7 Å². The Labute approximate surface area is 155 Å². The van der Waals surface area contributed by atoms with Gasteiger partial charge in [-0.25, -0.2) is 0 Å². The van der Waals surface area contributed by atoms with E-state index in [4.69, 9.17) is 35.4 Å². The first-order valence-electron chi connectivity index (χ1n) is 7.45. The molecule has 7 heteroatoms. The number of phenolic OH excluding ortho intramolecular Hbond substituents is 2. The average molecular weight is 383 g/mol. The van der Waals surface area contributed by atoms with E-state index >= 15 is 0 Å². The van der Waals surface area contributed by atoms with Crippen molar-refractivity contribution in [1.82, 2.24) is 10.2 Å². The van der Waals surface area contributed by atoms with E-state index in [2.05, 4.69) is 5.32 Å². The Bertz CT molecular complexity index is 781. The molecule has 0 saturated carbocycles. The summed E-state index contributed by atoms with van der Waals surface area (Å²) in [6.45, 7) is 1.77. The number of nitrogens with zero attached hydrogens (tertiary/aromatic N) is 1. The maximum atomic E-state index is 9.72. The fraction of sp³-hybridized carbons (Fsp3) is 0.235. The second-order valence-corrected chi connectivity index (χ2v) is 6.86. The zero-order chi connectivity index (χ0) is 17.3. The lowest BCUT2D eigenvalue weighted by Gasteiger charge is -2.19. The third-order valence-corrected chi connectivity index (χ3v) is 5.08. The van der Waals surface area contributed by atoms with Gasteiger partial charge >= 0.3 is 0 Å². The van der Waals surface area contributed by atoms with Gasteiger partial charge in [-0.15, -0.1) is 0 Å². The lowest BCUT2D eigenvalue weighted by molar-refractivity contribution is 0.403. The highest BCUT2D eigenvalue weighted by Gasteiger charge is 2.26. The van der Waals surface area contributed by atoms with Crippen molar-refractivity contribution in [2.45, 2.75) is 19.5 Å². The molecule has 1 heterocycles. The smallest absolute Gasteiger partial charge is 0.176 e. The molecule has 1 aliphatic heterocycles. The third kappa shape index (κ3) is 3.53. The number of thiocarbonyl (C=S) groups is 1. The van der Waals surface area contributed by atoms with Crippen LogP contribution >= 0.6 is 35.4 Å². The van der Waals surface area contributed by atoms with Crippen LogP contribution in [0.3, 0.4) is 0 Å². The van der Waals surface area contributed by atoms with Gasteiger partial charge in [0.25, 0.3) is 0 Å². The summed E-state index contributed by atoms with van der Waals surface area (Å²) in [6, 6.07) is 9.25. The lowest BCUT2D eigenvalue weighted by atomic mass is 10.1. The van der Waals surface area contributed by atoms with Gasteiger partial charge in [-0.1, -0.05) is 35.3 Å². The van der Waals surface area contributed by atoms with Crippen LogP contribution in [0.4, 0.5) is 0 Å². The molecule has 0 saturated heterocycles. The molecule has 1 aliphatic rings. The summed E-state index contributed by atoms with van der Waals surface area (Å²) < 4.78 is 0. The second kappa shape index (κ2) is 7.05. The van der Waals surface area contributed by atoms with Crippen LogP contribution in [-0.4, -0.2) is 26.8 Å². The van der Waals surface area contributed by atoms with E-state index < -0.39 is 0 Å². The van der Waals surface area contributed by atoms with Crippen molar-refractivity contribution < 1.29 is 10.2 Å². The Balaban J connectivity index is 1.57. The molecule has 0 unspecified atom stereocenters. The summed E-state index contributed by atoms with van der Waals surface area (Å²) in [4.78, 5) is 1.95. The number of rotatable bonds is 3. The highest BCUT2D eigenvalue weighted by atomic mass is 35.5. The number of hydrogen-bond acceptors (Lipinski definition) is 3. The van der Waals surface area contributed by atoms with Crippen LogP contribution in [0.15, 0.2) is 30.3 Å². The Morgan fingerprint density at radius 3 is 2.58 bits per heavy atom. The van der Waals surface area contributed by atoms with Crippen molar-refractivity contribution in [2.24, 2.45) is 0 Å². The molecule has 2 aromatic rings. The SMILES string of the molecule is Oc1cc2c(c(Cl)c1O)CN(C(=S)NCCc1ccc(Cl)cc1)C2. The summed E-state index contributed by atoms with van der Waals surface area (Å²) in [5.74, 6) is -0.485. The van der Waals surface area contributed by atoms with Crippen molar-refractivity contribution in [1.29, 1.82) is 0 Å². The van der Waals surface area contributed by atoms with E-state index in [0.29, 0.717) is 24.7 Å². The summed E-state index contributed by atoms with van der Waals surface area (Å²) in [6.07, 6.45) is 0.834. The first-order valence-corrected chi connectivity index (χ1v) is 8.61. The maximum Gasteiger partial charge on any atom is 0.176 e. The Morgan fingerprint density at radius 2 is 1.88 bits per heavy atom. The van der Waals surface area contributed by atoms with Crippen molar-refractivity contribution in [3.63, 3.8) is 0 Å². The highest BCUT2D eigenvalue weighted by molar-refractivity contribution is 7.80. The van der Waals surface area contributed by atoms with Gasteiger partial charge in [0.1, 0.15) is 0 Å². The zero-order valence-electron chi connectivity index (χ0n) is 12.7. The molecule has 0 bridgehead atoms. The van der Waals surface area contributed by atoms with E-state index in [-0.39, 0.29) is 16.5 Å². The minimum Gasteiger partial charge on any atom is -0.504 e. The van der Waals surface area contributed by atoms with E-state index in [9.17, 15) is 10.2 Å². The first kappa shape index (κ1) is 17.1. The van der Waals surface area contributed by atoms with E-state index in [0.717, 1.165) is 22.6 Å². The van der Waals surface area contributed by atoms with Gasteiger partial charge in [-0.05, 0) is 53.5 Å². The molecule has 24 heavy (non-hydrogen) atoms. The number of hydrogen-bond donors (Lipinski definition) is 3. The second-order valence-electron chi connectivity index (χ2n) is 5.66. The van der Waals surface area contributed by atoms with Crippen LogP contribution in [0, 0.1) is 0 Å². The molecule has 0 atom stereocenters. The predicted molar refractivity (Wildman–Crippen MR) is 99.8 cm³/mol. The molecule has 4 nitrogen and oxygen atoms in total. The largest absolute Gasteiger partial charge is 0.504 e. The third-order valence-electron chi connectivity index (χ3n) is 4.01. The summed E-state index contributed by atoms with van der Waals surface area (Å²) in [5.41, 5.74) is 2.85. The molecule has 0 amide bonds. The van der Waals surface area contributed by atoms with Gasteiger partial charge in [-0.3, -0.25) is 0 Å². The molecule has 2 aromatic carbocycles. The Hall–Kier alpha value is -1.69. The van der Waals surface area contributed by atoms with Gasteiger partial charge < -0.3 is 20.4 Å². The average Bonchev–Trinajstić information content (AvgIpc) is 2.98. The number of phenols is 2. The van der Waals surface area contributed by atoms with Crippen LogP contribution in [0.2, 0.25) is 10.0 Å². The van der Waals surface area contributed by atoms with Crippen molar-refractivity contribution in [2.75, 3.05) is 6.54 Å². The highest BCUT2D eigenvalue weighted by Crippen LogP contribution is 2.41. The minimum absolute atomic E-state index is 0.191. The summed E-state index contributed by atoms with van der Waals surface area (Å²) >= 11 is 17.4. The number of fused-ring (bicyclic) bond motifs is 1. The molecule has 0 fully saturated rings. The van der Waals surface area contributed by atoms with Crippen LogP contribution in [0.5, 0.6) is 11.5 Å². The Kier molecular flexibility index (Phi) is 5.04.